The number of hydrogen-bond acceptors (Lipinski definition) is 4. The van der Waals surface area contributed by atoms with E-state index in [1.807, 2.05) is 70.2 Å². The molecule has 2 aliphatic carbocycles. The first-order valence-electron chi connectivity index (χ1n) is 15.5. The first-order chi connectivity index (χ1) is 20.5. The molecule has 0 amide bonds. The minimum absolute atomic E-state index is 0.0128. The molecule has 0 aliphatic heterocycles. The molecule has 3 unspecified atom stereocenters. The number of carbonyl (C=O) groups is 1. The van der Waals surface area contributed by atoms with Crippen LogP contribution in [0.2, 0.25) is 0 Å². The van der Waals surface area contributed by atoms with Gasteiger partial charge >= 0.3 is 0 Å². The third-order valence-corrected chi connectivity index (χ3v) is 8.54. The maximum Gasteiger partial charge on any atom is 0.189 e. The normalized spacial score (nSPS) is 26.2. The van der Waals surface area contributed by atoms with Crippen LogP contribution < -0.4 is 0 Å². The van der Waals surface area contributed by atoms with Gasteiger partial charge in [0.2, 0.25) is 0 Å². The number of rotatable bonds is 10. The van der Waals surface area contributed by atoms with Crippen molar-refractivity contribution < 1.29 is 20.1 Å². The van der Waals surface area contributed by atoms with Gasteiger partial charge in [-0.2, -0.15) is 0 Å². The van der Waals surface area contributed by atoms with Crippen LogP contribution in [0.15, 0.2) is 130 Å². The lowest BCUT2D eigenvalue weighted by Crippen LogP contribution is -2.49. The molecule has 2 aliphatic rings. The van der Waals surface area contributed by atoms with E-state index in [1.54, 1.807) is 6.92 Å². The Balaban J connectivity index is 1.95. The van der Waals surface area contributed by atoms with Crippen molar-refractivity contribution in [3.05, 3.63) is 130 Å². The van der Waals surface area contributed by atoms with Crippen LogP contribution in [0.25, 0.3) is 0 Å². The van der Waals surface area contributed by atoms with Gasteiger partial charge in [0, 0.05) is 5.41 Å². The molecule has 4 nitrogen and oxygen atoms in total. The summed E-state index contributed by atoms with van der Waals surface area (Å²) in [7, 11) is 0. The van der Waals surface area contributed by atoms with Crippen LogP contribution in [-0.2, 0) is 4.79 Å². The van der Waals surface area contributed by atoms with Crippen molar-refractivity contribution >= 4 is 5.78 Å². The molecule has 4 heteroatoms. The number of hydrogen-bond donors (Lipinski definition) is 3. The maximum absolute atomic E-state index is 12.3. The summed E-state index contributed by atoms with van der Waals surface area (Å²) in [5.74, 6) is -0.418. The molecule has 3 atom stereocenters. The van der Waals surface area contributed by atoms with E-state index in [9.17, 15) is 20.1 Å². The largest absolute Gasteiger partial charge is 0.393 e. The van der Waals surface area contributed by atoms with Gasteiger partial charge in [0.15, 0.2) is 5.78 Å². The molecule has 0 bridgehead atoms. The average Bonchev–Trinajstić information content (AvgIpc) is 2.92. The molecule has 0 aromatic heterocycles. The fourth-order valence-corrected chi connectivity index (χ4v) is 5.82. The Morgan fingerprint density at radius 3 is 1.59 bits per heavy atom. The molecule has 0 fully saturated rings. The van der Waals surface area contributed by atoms with Crippen molar-refractivity contribution in [1.29, 1.82) is 0 Å². The second-order valence-corrected chi connectivity index (χ2v) is 13.6. The van der Waals surface area contributed by atoms with E-state index in [-0.39, 0.29) is 11.5 Å². The van der Waals surface area contributed by atoms with Crippen molar-refractivity contribution in [2.45, 2.75) is 100 Å². The van der Waals surface area contributed by atoms with E-state index in [4.69, 9.17) is 0 Å². The molecule has 0 saturated carbocycles. The second-order valence-electron chi connectivity index (χ2n) is 13.6. The summed E-state index contributed by atoms with van der Waals surface area (Å²) in [5, 5.41) is 30.5. The maximum atomic E-state index is 12.3. The average molecular weight is 599 g/mol. The van der Waals surface area contributed by atoms with E-state index >= 15 is 0 Å². The first-order valence-corrected chi connectivity index (χ1v) is 15.5. The van der Waals surface area contributed by atoms with Gasteiger partial charge in [-0.25, -0.2) is 0 Å². The van der Waals surface area contributed by atoms with Crippen molar-refractivity contribution in [1.82, 2.24) is 0 Å². The number of Topliss-reactive ketones (excluding diaryl/α,β-unsaturated/α-hetero) is 1. The van der Waals surface area contributed by atoms with Crippen LogP contribution in [0.1, 0.15) is 82.1 Å². The number of ketones is 1. The lowest BCUT2D eigenvalue weighted by molar-refractivity contribution is -0.135. The molecule has 0 heterocycles. The lowest BCUT2D eigenvalue weighted by Gasteiger charge is -2.39. The first kappa shape index (κ1) is 36.9. The third kappa shape index (κ3) is 10.4. The van der Waals surface area contributed by atoms with Crippen LogP contribution in [0.5, 0.6) is 0 Å². The third-order valence-electron chi connectivity index (χ3n) is 8.54. The Bertz CT molecular complexity index is 1410. The van der Waals surface area contributed by atoms with Crippen molar-refractivity contribution in [3.63, 3.8) is 0 Å². The Hall–Kier alpha value is -3.31. The van der Waals surface area contributed by atoms with Gasteiger partial charge in [0.05, 0.1) is 12.2 Å². The summed E-state index contributed by atoms with van der Waals surface area (Å²) in [6, 6.07) is 0. The fraction of sp³-hybridized carbons (Fsp3) is 0.425. The Labute approximate surface area is 266 Å². The van der Waals surface area contributed by atoms with Gasteiger partial charge in [0.1, 0.15) is 6.10 Å². The van der Waals surface area contributed by atoms with E-state index in [0.29, 0.717) is 5.57 Å². The summed E-state index contributed by atoms with van der Waals surface area (Å²) in [5.41, 5.74) is 7.54. The minimum atomic E-state index is -1.37. The van der Waals surface area contributed by atoms with Crippen LogP contribution in [0.3, 0.4) is 0 Å². The second kappa shape index (κ2) is 16.1. The molecule has 0 aromatic rings. The van der Waals surface area contributed by atoms with Crippen molar-refractivity contribution in [2.24, 2.45) is 10.8 Å². The molecule has 2 rings (SSSR count). The van der Waals surface area contributed by atoms with Gasteiger partial charge < -0.3 is 15.3 Å². The van der Waals surface area contributed by atoms with E-state index in [0.717, 1.165) is 35.1 Å². The predicted molar refractivity (Wildman–Crippen MR) is 186 cm³/mol. The number of allylic oxidation sites excluding steroid dienone is 19. The summed E-state index contributed by atoms with van der Waals surface area (Å²) in [6.45, 7) is 20.1. The zero-order valence-electron chi connectivity index (χ0n) is 28.5. The predicted octanol–water partition coefficient (Wildman–Crippen LogP) is 8.70. The highest BCUT2D eigenvalue weighted by molar-refractivity contribution is 6.01. The molecule has 44 heavy (non-hydrogen) atoms. The van der Waals surface area contributed by atoms with Crippen LogP contribution in [0.4, 0.5) is 0 Å². The van der Waals surface area contributed by atoms with Gasteiger partial charge in [-0.15, -0.1) is 0 Å². The molecular formula is C40H54O4. The Kier molecular flexibility index (Phi) is 13.5. The molecule has 3 N–H and O–H groups in total. The number of carbonyl (C=O) groups excluding carboxylic acids is 1. The van der Waals surface area contributed by atoms with Gasteiger partial charge in [0.25, 0.3) is 0 Å². The van der Waals surface area contributed by atoms with Crippen molar-refractivity contribution in [3.8, 4) is 0 Å². The summed E-state index contributed by atoms with van der Waals surface area (Å²) >= 11 is 0. The molecular weight excluding hydrogens is 544 g/mol. The van der Waals surface area contributed by atoms with Gasteiger partial charge in [-0.1, -0.05) is 141 Å². The Morgan fingerprint density at radius 1 is 0.682 bits per heavy atom. The summed E-state index contributed by atoms with van der Waals surface area (Å²) < 4.78 is 0. The molecule has 0 aromatic carbocycles. The highest BCUT2D eigenvalue weighted by Crippen LogP contribution is 2.41. The smallest absolute Gasteiger partial charge is 0.189 e. The molecule has 0 radical (unpaired) electrons. The van der Waals surface area contributed by atoms with Crippen molar-refractivity contribution in [2.75, 3.05) is 0 Å². The fourth-order valence-electron chi connectivity index (χ4n) is 5.82. The number of aliphatic hydroxyl groups is 3. The zero-order valence-corrected chi connectivity index (χ0v) is 28.5. The topological polar surface area (TPSA) is 77.8 Å². The standard InChI is InChI=1S/C40H54O4/c1-27(17-13-19-29(3)21-23-34-31(5)25-33(41)26-39(34,7)8)15-11-12-16-28(2)18-14-20-30(4)22-24-35-32(6)36(42)37(43)38(44)40(35,9)10/h11-24,33,37-38,41,43-44H,25-26H2,1-10H3. The zero-order chi connectivity index (χ0) is 33.2. The van der Waals surface area contributed by atoms with Gasteiger partial charge in [-0.05, 0) is 76.5 Å². The highest BCUT2D eigenvalue weighted by Gasteiger charge is 2.45. The highest BCUT2D eigenvalue weighted by atomic mass is 16.3. The van der Waals surface area contributed by atoms with Crippen LogP contribution in [0, 0.1) is 10.8 Å². The Morgan fingerprint density at radius 2 is 1.11 bits per heavy atom. The quantitative estimate of drug-likeness (QED) is 0.220. The molecule has 0 spiro atoms. The van der Waals surface area contributed by atoms with E-state index < -0.39 is 23.4 Å². The summed E-state index contributed by atoms with van der Waals surface area (Å²) in [4.78, 5) is 12.3. The van der Waals surface area contributed by atoms with Crippen LogP contribution in [-0.4, -0.2) is 39.4 Å². The molecule has 238 valence electrons. The SMILES string of the molecule is CC(C=CC=C(C)C=CC1=C(C)CC(O)CC1(C)C)=CC=CC=C(C)C=CC=C(C)C=CC1=C(C)C(=O)C(O)C(O)C1(C)C. The van der Waals surface area contributed by atoms with E-state index in [1.165, 1.54) is 16.7 Å². The van der Waals surface area contributed by atoms with Crippen LogP contribution >= 0.6 is 0 Å². The van der Waals surface area contributed by atoms with Gasteiger partial charge in [-0.3, -0.25) is 4.79 Å². The number of aliphatic hydroxyl groups excluding tert-OH is 3. The summed E-state index contributed by atoms with van der Waals surface area (Å²) in [6.07, 6.45) is 27.4. The lowest BCUT2D eigenvalue weighted by atomic mass is 9.69. The minimum Gasteiger partial charge on any atom is -0.393 e. The van der Waals surface area contributed by atoms with E-state index in [2.05, 4.69) is 77.2 Å². The molecule has 0 saturated heterocycles. The monoisotopic (exact) mass is 598 g/mol.